The molecule has 2 heterocycles. The lowest BCUT2D eigenvalue weighted by atomic mass is 9.94. The summed E-state index contributed by atoms with van der Waals surface area (Å²) >= 11 is 1.32. The molecule has 0 spiro atoms. The number of nitrogens with zero attached hydrogens (tertiary/aromatic N) is 2. The number of phenols is 1. The number of phenolic OH excluding ortho intramolecular Hbond substituents is 1. The van der Waals surface area contributed by atoms with Crippen molar-refractivity contribution < 1.29 is 14.3 Å². The van der Waals surface area contributed by atoms with Gasteiger partial charge in [-0.3, -0.25) is 5.32 Å². The van der Waals surface area contributed by atoms with Gasteiger partial charge in [-0.1, -0.05) is 38.2 Å². The van der Waals surface area contributed by atoms with E-state index in [0.29, 0.717) is 16.7 Å². The third-order valence-electron chi connectivity index (χ3n) is 3.50. The quantitative estimate of drug-likeness (QED) is 0.591. The molecule has 27 heavy (non-hydrogen) atoms. The van der Waals surface area contributed by atoms with Crippen molar-refractivity contribution in [1.82, 2.24) is 9.97 Å². The van der Waals surface area contributed by atoms with Gasteiger partial charge in [0.25, 0.3) is 0 Å². The summed E-state index contributed by atoms with van der Waals surface area (Å²) in [6.45, 7) is 6.18. The van der Waals surface area contributed by atoms with Gasteiger partial charge in [0.05, 0.1) is 6.20 Å². The number of hydrogen-bond donors (Lipinski definition) is 3. The van der Waals surface area contributed by atoms with Gasteiger partial charge in [-0.25, -0.2) is 14.8 Å². The molecule has 3 rings (SSSR count). The molecule has 0 aliphatic heterocycles. The molecule has 0 radical (unpaired) electrons. The smallest absolute Gasteiger partial charge is 0.325 e. The number of aromatic hydroxyl groups is 1. The van der Waals surface area contributed by atoms with Crippen molar-refractivity contribution in [3.63, 3.8) is 0 Å². The largest absolute Gasteiger partial charge is 0.508 e. The molecule has 0 aliphatic rings. The van der Waals surface area contributed by atoms with Crippen LogP contribution >= 0.6 is 11.3 Å². The highest BCUT2D eigenvalue weighted by molar-refractivity contribution is 7.16. The highest BCUT2D eigenvalue weighted by Gasteiger charge is 2.18. The number of benzene rings is 1. The molecule has 8 heteroatoms. The van der Waals surface area contributed by atoms with Crippen molar-refractivity contribution in [1.29, 1.82) is 0 Å². The van der Waals surface area contributed by atoms with Crippen LogP contribution in [0, 0.1) is 0 Å². The van der Waals surface area contributed by atoms with Crippen LogP contribution in [0.3, 0.4) is 0 Å². The predicted octanol–water partition coefficient (Wildman–Crippen LogP) is 4.95. The van der Waals surface area contributed by atoms with Crippen LogP contribution in [0.4, 0.5) is 15.6 Å². The number of aromatic nitrogens is 2. The maximum Gasteiger partial charge on any atom is 0.325 e. The molecule has 2 amide bonds. The van der Waals surface area contributed by atoms with Crippen LogP contribution < -0.4 is 10.6 Å². The molecule has 1 aromatic carbocycles. The fourth-order valence-electron chi connectivity index (χ4n) is 2.13. The maximum atomic E-state index is 12.0. The lowest BCUT2D eigenvalue weighted by Crippen LogP contribution is -2.19. The van der Waals surface area contributed by atoms with Crippen molar-refractivity contribution in [2.45, 2.75) is 26.2 Å². The first-order valence-electron chi connectivity index (χ1n) is 8.27. The Labute approximate surface area is 160 Å². The van der Waals surface area contributed by atoms with E-state index in [-0.39, 0.29) is 11.2 Å². The van der Waals surface area contributed by atoms with Crippen LogP contribution in [0.1, 0.15) is 37.3 Å². The molecular weight excluding hydrogens is 364 g/mol. The Morgan fingerprint density at radius 2 is 2.00 bits per heavy atom. The molecule has 0 unspecified atom stereocenters. The van der Waals surface area contributed by atoms with Gasteiger partial charge in [0.2, 0.25) is 5.89 Å². The molecule has 3 aromatic rings. The molecule has 2 aromatic heterocycles. The normalized spacial score (nSPS) is 11.7. The van der Waals surface area contributed by atoms with E-state index in [0.717, 1.165) is 10.6 Å². The summed E-state index contributed by atoms with van der Waals surface area (Å²) in [5.41, 5.74) is 0.395. The standard InChI is InChI=1S/C19H20N4O3S/c1-19(2,3)15-11-20-16(26-15)8-7-14-10-21-18(27-14)23-17(25)22-12-5-4-6-13(24)9-12/h4-11,24H,1-3H3,(H2,21,22,23,25)/b8-7+. The van der Waals surface area contributed by atoms with Crippen LogP contribution in [0.15, 0.2) is 41.1 Å². The van der Waals surface area contributed by atoms with Gasteiger partial charge in [0.15, 0.2) is 5.13 Å². The molecule has 0 fully saturated rings. The first-order valence-corrected chi connectivity index (χ1v) is 9.08. The van der Waals surface area contributed by atoms with Crippen molar-refractivity contribution in [2.75, 3.05) is 10.6 Å². The van der Waals surface area contributed by atoms with Gasteiger partial charge >= 0.3 is 6.03 Å². The number of urea groups is 1. The number of carbonyl (C=O) groups is 1. The fraction of sp³-hybridized carbons (Fsp3) is 0.211. The highest BCUT2D eigenvalue weighted by atomic mass is 32.1. The molecule has 0 atom stereocenters. The Bertz CT molecular complexity index is 969. The van der Waals surface area contributed by atoms with Gasteiger partial charge in [-0.05, 0) is 18.2 Å². The minimum Gasteiger partial charge on any atom is -0.508 e. The van der Waals surface area contributed by atoms with Gasteiger partial charge in [-0.15, -0.1) is 0 Å². The first-order chi connectivity index (χ1) is 12.8. The van der Waals surface area contributed by atoms with Crippen molar-refractivity contribution in [2.24, 2.45) is 0 Å². The molecule has 0 aliphatic carbocycles. The molecular formula is C19H20N4O3S. The third kappa shape index (κ3) is 5.18. The predicted molar refractivity (Wildman–Crippen MR) is 107 cm³/mol. The van der Waals surface area contributed by atoms with Crippen molar-refractivity contribution >= 4 is 40.3 Å². The van der Waals surface area contributed by atoms with Crippen LogP contribution in [-0.4, -0.2) is 21.1 Å². The molecule has 0 saturated heterocycles. The number of carbonyl (C=O) groups excluding carboxylic acids is 1. The highest BCUT2D eigenvalue weighted by Crippen LogP contribution is 2.24. The van der Waals surface area contributed by atoms with Crippen LogP contribution in [0.5, 0.6) is 5.75 Å². The second-order valence-electron chi connectivity index (χ2n) is 6.84. The Morgan fingerprint density at radius 1 is 1.19 bits per heavy atom. The summed E-state index contributed by atoms with van der Waals surface area (Å²) in [6.07, 6.45) is 6.97. The average Bonchev–Trinajstić information content (AvgIpc) is 3.21. The SMILES string of the molecule is CC(C)(C)c1cnc(/C=C/c2cnc(NC(=O)Nc3cccc(O)c3)s2)o1. The van der Waals surface area contributed by atoms with Crippen molar-refractivity contribution in [3.05, 3.63) is 53.2 Å². The molecule has 0 saturated carbocycles. The van der Waals surface area contributed by atoms with E-state index >= 15 is 0 Å². The number of amides is 2. The zero-order valence-corrected chi connectivity index (χ0v) is 16.0. The van der Waals surface area contributed by atoms with Crippen LogP contribution in [0.25, 0.3) is 12.2 Å². The van der Waals surface area contributed by atoms with Crippen molar-refractivity contribution in [3.8, 4) is 5.75 Å². The second kappa shape index (κ2) is 7.63. The number of oxazole rings is 1. The number of nitrogens with one attached hydrogen (secondary N) is 2. The van der Waals surface area contributed by atoms with Crippen LogP contribution in [-0.2, 0) is 5.41 Å². The minimum absolute atomic E-state index is 0.0793. The molecule has 7 nitrogen and oxygen atoms in total. The minimum atomic E-state index is -0.437. The summed E-state index contributed by atoms with van der Waals surface area (Å²) < 4.78 is 5.70. The number of thiazole rings is 1. The molecule has 0 bridgehead atoms. The Morgan fingerprint density at radius 3 is 2.70 bits per heavy atom. The zero-order valence-electron chi connectivity index (χ0n) is 15.2. The van der Waals surface area contributed by atoms with Gasteiger partial charge in [0, 0.05) is 34.3 Å². The summed E-state index contributed by atoms with van der Waals surface area (Å²) in [7, 11) is 0. The van der Waals surface area contributed by atoms with E-state index < -0.39 is 6.03 Å². The summed E-state index contributed by atoms with van der Waals surface area (Å²) in [5, 5.41) is 15.2. The fourth-order valence-corrected chi connectivity index (χ4v) is 2.84. The molecule has 3 N–H and O–H groups in total. The lowest BCUT2D eigenvalue weighted by molar-refractivity contribution is 0.262. The number of anilines is 2. The Kier molecular flexibility index (Phi) is 5.27. The average molecular weight is 384 g/mol. The second-order valence-corrected chi connectivity index (χ2v) is 7.91. The topological polar surface area (TPSA) is 100 Å². The first kappa shape index (κ1) is 18.7. The number of hydrogen-bond acceptors (Lipinski definition) is 6. The van der Waals surface area contributed by atoms with Crippen LogP contribution in [0.2, 0.25) is 0 Å². The summed E-state index contributed by atoms with van der Waals surface area (Å²) in [5.74, 6) is 1.41. The lowest BCUT2D eigenvalue weighted by Gasteiger charge is -2.12. The Hall–Kier alpha value is -3.13. The summed E-state index contributed by atoms with van der Waals surface area (Å²) in [4.78, 5) is 21.2. The summed E-state index contributed by atoms with van der Waals surface area (Å²) in [6, 6.07) is 5.87. The molecule has 140 valence electrons. The maximum absolute atomic E-state index is 12.0. The monoisotopic (exact) mass is 384 g/mol. The van der Waals surface area contributed by atoms with E-state index in [1.54, 1.807) is 30.6 Å². The Balaban J connectivity index is 1.59. The van der Waals surface area contributed by atoms with E-state index in [9.17, 15) is 9.90 Å². The zero-order chi connectivity index (χ0) is 19.4. The van der Waals surface area contributed by atoms with E-state index in [2.05, 4.69) is 41.4 Å². The van der Waals surface area contributed by atoms with E-state index in [1.165, 1.54) is 23.5 Å². The van der Waals surface area contributed by atoms with E-state index in [1.807, 2.05) is 6.08 Å². The third-order valence-corrected chi connectivity index (χ3v) is 4.38. The van der Waals surface area contributed by atoms with Gasteiger partial charge in [-0.2, -0.15) is 0 Å². The van der Waals surface area contributed by atoms with Gasteiger partial charge in [0.1, 0.15) is 11.5 Å². The van der Waals surface area contributed by atoms with E-state index in [4.69, 9.17) is 4.42 Å². The number of rotatable bonds is 4. The van der Waals surface area contributed by atoms with Gasteiger partial charge < -0.3 is 14.8 Å².